The fourth-order valence-corrected chi connectivity index (χ4v) is 4.62. The quantitative estimate of drug-likeness (QED) is 0.495. The zero-order chi connectivity index (χ0) is 22.4. The van der Waals surface area contributed by atoms with E-state index in [1.165, 1.54) is 10.6 Å². The number of carboxylic acid groups (broad SMARTS) is 1. The number of carbonyl (C=O) groups is 1. The van der Waals surface area contributed by atoms with Gasteiger partial charge in [0.15, 0.2) is 0 Å². The lowest BCUT2D eigenvalue weighted by molar-refractivity contribution is -0.142. The van der Waals surface area contributed by atoms with Gasteiger partial charge in [0.1, 0.15) is 23.7 Å². The molecule has 0 aromatic heterocycles. The molecule has 2 rings (SSSR count). The second-order valence-corrected chi connectivity index (χ2v) is 10.1. The summed E-state index contributed by atoms with van der Waals surface area (Å²) in [6, 6.07) is 5.13. The molecule has 0 amide bonds. The molecule has 1 N–H and O–H groups in total. The predicted molar refractivity (Wildman–Crippen MR) is 114 cm³/mol. The molecule has 8 nitrogen and oxygen atoms in total. The molecule has 1 heterocycles. The molecule has 0 saturated carbocycles. The van der Waals surface area contributed by atoms with Crippen molar-refractivity contribution in [2.24, 2.45) is 0 Å². The Kier molecular flexibility index (Phi) is 8.52. The molecule has 170 valence electrons. The molecular weight excluding hydrogens is 410 g/mol. The lowest BCUT2D eigenvalue weighted by Crippen LogP contribution is -2.44. The topological polar surface area (TPSA) is 102 Å². The van der Waals surface area contributed by atoms with Crippen LogP contribution in [-0.2, 0) is 19.6 Å². The number of hydrogen-bond acceptors (Lipinski definition) is 6. The second-order valence-electron chi connectivity index (χ2n) is 8.16. The van der Waals surface area contributed by atoms with Crippen molar-refractivity contribution in [1.29, 1.82) is 0 Å². The van der Waals surface area contributed by atoms with Gasteiger partial charge in [-0.25, -0.2) is 13.2 Å². The molecule has 0 radical (unpaired) electrons. The van der Waals surface area contributed by atoms with Crippen LogP contribution in [0.2, 0.25) is 0 Å². The largest absolute Gasteiger partial charge is 0.494 e. The van der Waals surface area contributed by atoms with Crippen LogP contribution >= 0.6 is 0 Å². The summed E-state index contributed by atoms with van der Waals surface area (Å²) < 4.78 is 43.7. The van der Waals surface area contributed by atoms with Gasteiger partial charge < -0.3 is 19.3 Å². The van der Waals surface area contributed by atoms with Gasteiger partial charge in [-0.1, -0.05) is 13.3 Å². The summed E-state index contributed by atoms with van der Waals surface area (Å²) in [5.41, 5.74) is 0.241. The molecule has 0 spiro atoms. The van der Waals surface area contributed by atoms with Crippen LogP contribution < -0.4 is 9.47 Å². The highest BCUT2D eigenvalue weighted by Gasteiger charge is 2.40. The zero-order valence-electron chi connectivity index (χ0n) is 18.2. The molecule has 0 fully saturated rings. The standard InChI is InChI=1S/C21H33NO7S/c1-5-6-12-28-16-8-9-19-17(13-16)18(14-21(2,3)29-19)22(30(4,25)26)10-7-11-27-15-20(23)24/h8-9,13,18H,5-7,10-12,14-15H2,1-4H3,(H,23,24). The number of aliphatic carboxylic acids is 1. The summed E-state index contributed by atoms with van der Waals surface area (Å²) in [5, 5.41) is 8.67. The minimum Gasteiger partial charge on any atom is -0.494 e. The van der Waals surface area contributed by atoms with Gasteiger partial charge in [-0.2, -0.15) is 4.31 Å². The summed E-state index contributed by atoms with van der Waals surface area (Å²) in [4.78, 5) is 10.6. The number of hydrogen-bond donors (Lipinski definition) is 1. The summed E-state index contributed by atoms with van der Waals surface area (Å²) in [6.45, 7) is 6.55. The highest BCUT2D eigenvalue weighted by molar-refractivity contribution is 7.88. The molecular formula is C21H33NO7S. The smallest absolute Gasteiger partial charge is 0.329 e. The third-order valence-corrected chi connectivity index (χ3v) is 6.13. The highest BCUT2D eigenvalue weighted by atomic mass is 32.2. The third-order valence-electron chi connectivity index (χ3n) is 4.84. The van der Waals surface area contributed by atoms with Gasteiger partial charge >= 0.3 is 5.97 Å². The number of nitrogens with zero attached hydrogens (tertiary/aromatic N) is 1. The van der Waals surface area contributed by atoms with E-state index in [2.05, 4.69) is 6.92 Å². The second kappa shape index (κ2) is 10.5. The van der Waals surface area contributed by atoms with E-state index >= 15 is 0 Å². The van der Waals surface area contributed by atoms with E-state index in [1.54, 1.807) is 0 Å². The van der Waals surface area contributed by atoms with Crippen molar-refractivity contribution in [3.63, 3.8) is 0 Å². The van der Waals surface area contributed by atoms with Crippen molar-refractivity contribution in [3.8, 4) is 11.5 Å². The van der Waals surface area contributed by atoms with Crippen LogP contribution in [0.3, 0.4) is 0 Å². The Labute approximate surface area is 179 Å². The lowest BCUT2D eigenvalue weighted by Gasteiger charge is -2.41. The Morgan fingerprint density at radius 3 is 2.67 bits per heavy atom. The van der Waals surface area contributed by atoms with E-state index < -0.39 is 34.2 Å². The highest BCUT2D eigenvalue weighted by Crippen LogP contribution is 2.44. The predicted octanol–water partition coefficient (Wildman–Crippen LogP) is 3.22. The van der Waals surface area contributed by atoms with Crippen LogP contribution in [0.1, 0.15) is 58.1 Å². The number of sulfonamides is 1. The molecule has 1 aromatic carbocycles. The summed E-state index contributed by atoms with van der Waals surface area (Å²) in [7, 11) is -3.53. The molecule has 1 unspecified atom stereocenters. The maximum atomic E-state index is 12.6. The van der Waals surface area contributed by atoms with Gasteiger partial charge in [0.2, 0.25) is 10.0 Å². The van der Waals surface area contributed by atoms with Crippen molar-refractivity contribution in [1.82, 2.24) is 4.31 Å². The lowest BCUT2D eigenvalue weighted by atomic mass is 9.89. The normalized spacial score (nSPS) is 18.0. The van der Waals surface area contributed by atoms with Crippen LogP contribution in [0.25, 0.3) is 0 Å². The van der Waals surface area contributed by atoms with Gasteiger partial charge in [-0.05, 0) is 44.9 Å². The van der Waals surface area contributed by atoms with Gasteiger partial charge in [-0.15, -0.1) is 0 Å². The van der Waals surface area contributed by atoms with Crippen LogP contribution in [0.15, 0.2) is 18.2 Å². The number of carboxylic acids is 1. The molecule has 0 aliphatic carbocycles. The molecule has 30 heavy (non-hydrogen) atoms. The first-order chi connectivity index (χ1) is 14.0. The SMILES string of the molecule is CCCCOc1ccc2c(c1)C(N(CCCOCC(=O)O)S(C)(=O)=O)CC(C)(C)O2. The van der Waals surface area contributed by atoms with Gasteiger partial charge in [0.25, 0.3) is 0 Å². The van der Waals surface area contributed by atoms with Crippen molar-refractivity contribution in [3.05, 3.63) is 23.8 Å². The minimum absolute atomic E-state index is 0.165. The number of ether oxygens (including phenoxy) is 3. The number of benzene rings is 1. The monoisotopic (exact) mass is 443 g/mol. The third kappa shape index (κ3) is 7.14. The van der Waals surface area contributed by atoms with Gasteiger partial charge in [0.05, 0.1) is 18.9 Å². The fourth-order valence-electron chi connectivity index (χ4n) is 3.51. The Hall–Kier alpha value is -1.84. The van der Waals surface area contributed by atoms with E-state index in [4.69, 9.17) is 19.3 Å². The van der Waals surface area contributed by atoms with E-state index in [1.807, 2.05) is 32.0 Å². The minimum atomic E-state index is -3.53. The van der Waals surface area contributed by atoms with Crippen molar-refractivity contribution in [2.45, 2.75) is 58.1 Å². The molecule has 1 aliphatic rings. The Morgan fingerprint density at radius 1 is 1.30 bits per heavy atom. The molecule has 1 aliphatic heterocycles. The first-order valence-electron chi connectivity index (χ1n) is 10.3. The molecule has 0 saturated heterocycles. The van der Waals surface area contributed by atoms with Gasteiger partial charge in [-0.3, -0.25) is 0 Å². The van der Waals surface area contributed by atoms with E-state index in [-0.39, 0.29) is 13.2 Å². The van der Waals surface area contributed by atoms with Crippen molar-refractivity contribution < 1.29 is 32.5 Å². The average molecular weight is 444 g/mol. The zero-order valence-corrected chi connectivity index (χ0v) is 19.0. The summed E-state index contributed by atoms with van der Waals surface area (Å²) in [5.74, 6) is 0.286. The van der Waals surface area contributed by atoms with Crippen molar-refractivity contribution >= 4 is 16.0 Å². The average Bonchev–Trinajstić information content (AvgIpc) is 2.62. The van der Waals surface area contributed by atoms with Crippen LogP contribution in [0.4, 0.5) is 0 Å². The first-order valence-corrected chi connectivity index (χ1v) is 12.1. The maximum Gasteiger partial charge on any atom is 0.329 e. The van der Waals surface area contributed by atoms with E-state index in [0.717, 1.165) is 18.4 Å². The molecule has 9 heteroatoms. The Balaban J connectivity index is 2.26. The van der Waals surface area contributed by atoms with E-state index in [0.29, 0.717) is 30.9 Å². The molecule has 0 bridgehead atoms. The van der Waals surface area contributed by atoms with Gasteiger partial charge in [0, 0.05) is 25.1 Å². The first kappa shape index (κ1) is 24.4. The number of unbranched alkanes of at least 4 members (excludes halogenated alkanes) is 1. The number of rotatable bonds is 12. The summed E-state index contributed by atoms with van der Waals surface area (Å²) >= 11 is 0. The van der Waals surface area contributed by atoms with E-state index in [9.17, 15) is 13.2 Å². The van der Waals surface area contributed by atoms with Crippen LogP contribution in [0, 0.1) is 0 Å². The van der Waals surface area contributed by atoms with Crippen LogP contribution in [0.5, 0.6) is 11.5 Å². The maximum absolute atomic E-state index is 12.6. The fraction of sp³-hybridized carbons (Fsp3) is 0.667. The molecule has 1 atom stereocenters. The number of fused-ring (bicyclic) bond motifs is 1. The van der Waals surface area contributed by atoms with Crippen molar-refractivity contribution in [2.75, 3.05) is 32.6 Å². The summed E-state index contributed by atoms with van der Waals surface area (Å²) in [6.07, 6.45) is 4.03. The van der Waals surface area contributed by atoms with Crippen LogP contribution in [-0.4, -0.2) is 62.0 Å². The molecule has 1 aromatic rings. The Bertz CT molecular complexity index is 823. The Morgan fingerprint density at radius 2 is 2.03 bits per heavy atom.